The minimum atomic E-state index is -3.45. The Labute approximate surface area is 120 Å². The van der Waals surface area contributed by atoms with Crippen LogP contribution in [-0.4, -0.2) is 26.3 Å². The van der Waals surface area contributed by atoms with Crippen molar-refractivity contribution in [3.8, 4) is 0 Å². The number of hydrogen-bond acceptors (Lipinski definition) is 3. The van der Waals surface area contributed by atoms with Crippen molar-refractivity contribution in [1.29, 1.82) is 0 Å². The van der Waals surface area contributed by atoms with E-state index in [0.717, 1.165) is 0 Å². The van der Waals surface area contributed by atoms with E-state index in [2.05, 4.69) is 10.0 Å². The largest absolute Gasteiger partial charge is 0.313 e. The first-order valence-electron chi connectivity index (χ1n) is 6.72. The van der Waals surface area contributed by atoms with Crippen LogP contribution in [0.3, 0.4) is 0 Å². The Hall–Kier alpha value is -0.980. The molecule has 0 aromatic heterocycles. The summed E-state index contributed by atoms with van der Waals surface area (Å²) in [6, 6.07) is 5.71. The van der Waals surface area contributed by atoms with E-state index in [1.165, 1.54) is 12.1 Å². The third-order valence-electron chi connectivity index (χ3n) is 3.03. The summed E-state index contributed by atoms with van der Waals surface area (Å²) in [6.45, 7) is 7.65. The summed E-state index contributed by atoms with van der Waals surface area (Å²) in [5.74, 6) is -0.372. The first kappa shape index (κ1) is 17.1. The molecule has 0 saturated heterocycles. The van der Waals surface area contributed by atoms with Crippen molar-refractivity contribution in [2.24, 2.45) is 0 Å². The molecular formula is C14H23FN2O2S. The zero-order valence-corrected chi connectivity index (χ0v) is 13.2. The van der Waals surface area contributed by atoms with Crippen LogP contribution in [-0.2, 0) is 10.0 Å². The SMILES string of the molecule is CC(C)NCC(C)S(=O)(=O)NC(C)c1cccc(F)c1. The second-order valence-electron chi connectivity index (χ2n) is 5.31. The van der Waals surface area contributed by atoms with Gasteiger partial charge in [0.25, 0.3) is 0 Å². The highest BCUT2D eigenvalue weighted by molar-refractivity contribution is 7.90. The van der Waals surface area contributed by atoms with Crippen molar-refractivity contribution in [3.05, 3.63) is 35.6 Å². The molecule has 0 aliphatic carbocycles. The standard InChI is InChI=1S/C14H23FN2O2S/c1-10(2)16-9-11(3)20(18,19)17-12(4)13-6-5-7-14(15)8-13/h5-8,10-12,16-17H,9H2,1-4H3. The van der Waals surface area contributed by atoms with E-state index in [1.807, 2.05) is 13.8 Å². The highest BCUT2D eigenvalue weighted by Crippen LogP contribution is 2.15. The molecule has 0 amide bonds. The molecule has 0 radical (unpaired) electrons. The second kappa shape index (κ2) is 7.15. The van der Waals surface area contributed by atoms with Crippen molar-refractivity contribution in [1.82, 2.24) is 10.0 Å². The van der Waals surface area contributed by atoms with Crippen LogP contribution < -0.4 is 10.0 Å². The van der Waals surface area contributed by atoms with Crippen molar-refractivity contribution in [3.63, 3.8) is 0 Å². The van der Waals surface area contributed by atoms with Crippen molar-refractivity contribution >= 4 is 10.0 Å². The molecule has 0 bridgehead atoms. The van der Waals surface area contributed by atoms with E-state index in [9.17, 15) is 12.8 Å². The summed E-state index contributed by atoms with van der Waals surface area (Å²) in [5, 5.41) is 2.54. The maximum absolute atomic E-state index is 13.1. The van der Waals surface area contributed by atoms with Gasteiger partial charge in [0.05, 0.1) is 5.25 Å². The fourth-order valence-electron chi connectivity index (χ4n) is 1.72. The number of sulfonamides is 1. The molecular weight excluding hydrogens is 279 g/mol. The first-order chi connectivity index (χ1) is 9.22. The van der Waals surface area contributed by atoms with E-state index in [-0.39, 0.29) is 11.9 Å². The lowest BCUT2D eigenvalue weighted by molar-refractivity contribution is 0.530. The Morgan fingerprint density at radius 3 is 2.40 bits per heavy atom. The fourth-order valence-corrected chi connectivity index (χ4v) is 2.89. The highest BCUT2D eigenvalue weighted by Gasteiger charge is 2.23. The number of benzene rings is 1. The third-order valence-corrected chi connectivity index (χ3v) is 4.94. The summed E-state index contributed by atoms with van der Waals surface area (Å²) in [6.07, 6.45) is 0. The van der Waals surface area contributed by atoms with Crippen LogP contribution in [0.25, 0.3) is 0 Å². The molecule has 0 heterocycles. The third kappa shape index (κ3) is 5.19. The smallest absolute Gasteiger partial charge is 0.216 e. The molecule has 114 valence electrons. The zero-order valence-electron chi connectivity index (χ0n) is 12.4. The molecule has 2 atom stereocenters. The predicted molar refractivity (Wildman–Crippen MR) is 79.5 cm³/mol. The number of hydrogen-bond donors (Lipinski definition) is 2. The quantitative estimate of drug-likeness (QED) is 0.812. The normalized spacial score (nSPS) is 15.3. The van der Waals surface area contributed by atoms with Gasteiger partial charge in [0, 0.05) is 18.6 Å². The van der Waals surface area contributed by atoms with Crippen LogP contribution in [0, 0.1) is 5.82 Å². The Morgan fingerprint density at radius 2 is 1.85 bits per heavy atom. The Bertz CT molecular complexity index is 532. The Morgan fingerprint density at radius 1 is 1.20 bits per heavy atom. The average molecular weight is 302 g/mol. The van der Waals surface area contributed by atoms with Gasteiger partial charge < -0.3 is 5.32 Å². The minimum absolute atomic E-state index is 0.230. The van der Waals surface area contributed by atoms with Crippen LogP contribution in [0.15, 0.2) is 24.3 Å². The van der Waals surface area contributed by atoms with Crippen molar-refractivity contribution < 1.29 is 12.8 Å². The van der Waals surface area contributed by atoms with Gasteiger partial charge in [-0.05, 0) is 31.5 Å². The maximum atomic E-state index is 13.1. The molecule has 0 saturated carbocycles. The lowest BCUT2D eigenvalue weighted by Gasteiger charge is -2.20. The summed E-state index contributed by atoms with van der Waals surface area (Å²) >= 11 is 0. The molecule has 1 rings (SSSR count). The van der Waals surface area contributed by atoms with Gasteiger partial charge in [-0.25, -0.2) is 17.5 Å². The van der Waals surface area contributed by atoms with Crippen LogP contribution in [0.5, 0.6) is 0 Å². The van der Waals surface area contributed by atoms with E-state index in [1.54, 1.807) is 26.0 Å². The fraction of sp³-hybridized carbons (Fsp3) is 0.571. The minimum Gasteiger partial charge on any atom is -0.313 e. The molecule has 2 N–H and O–H groups in total. The topological polar surface area (TPSA) is 58.2 Å². The van der Waals surface area contributed by atoms with Gasteiger partial charge in [0.2, 0.25) is 10.0 Å². The molecule has 20 heavy (non-hydrogen) atoms. The van der Waals surface area contributed by atoms with Gasteiger partial charge in [0.1, 0.15) is 5.82 Å². The lowest BCUT2D eigenvalue weighted by atomic mass is 10.1. The van der Waals surface area contributed by atoms with Gasteiger partial charge >= 0.3 is 0 Å². The molecule has 2 unspecified atom stereocenters. The van der Waals surface area contributed by atoms with Gasteiger partial charge in [-0.2, -0.15) is 0 Å². The zero-order chi connectivity index (χ0) is 15.3. The van der Waals surface area contributed by atoms with Crippen LogP contribution in [0.4, 0.5) is 4.39 Å². The molecule has 4 nitrogen and oxygen atoms in total. The van der Waals surface area contributed by atoms with Gasteiger partial charge in [-0.15, -0.1) is 0 Å². The van der Waals surface area contributed by atoms with E-state index < -0.39 is 21.3 Å². The van der Waals surface area contributed by atoms with Crippen LogP contribution >= 0.6 is 0 Å². The summed E-state index contributed by atoms with van der Waals surface area (Å²) in [7, 11) is -3.45. The van der Waals surface area contributed by atoms with Crippen LogP contribution in [0.1, 0.15) is 39.3 Å². The molecule has 0 fully saturated rings. The maximum Gasteiger partial charge on any atom is 0.216 e. The summed E-state index contributed by atoms with van der Waals surface area (Å²) < 4.78 is 40.1. The van der Waals surface area contributed by atoms with Crippen molar-refractivity contribution in [2.75, 3.05) is 6.54 Å². The average Bonchev–Trinajstić information content (AvgIpc) is 2.35. The predicted octanol–water partition coefficient (Wildman–Crippen LogP) is 2.19. The lowest BCUT2D eigenvalue weighted by Crippen LogP contribution is -2.41. The number of nitrogens with one attached hydrogen (secondary N) is 2. The Balaban J connectivity index is 2.70. The summed E-state index contributed by atoms with van der Waals surface area (Å²) in [4.78, 5) is 0. The molecule has 1 aromatic rings. The van der Waals surface area contributed by atoms with E-state index in [0.29, 0.717) is 12.1 Å². The first-order valence-corrected chi connectivity index (χ1v) is 8.27. The molecule has 6 heteroatoms. The molecule has 1 aromatic carbocycles. The molecule has 0 aliphatic rings. The monoisotopic (exact) mass is 302 g/mol. The summed E-state index contributed by atoms with van der Waals surface area (Å²) in [5.41, 5.74) is 0.609. The Kier molecular flexibility index (Phi) is 6.10. The van der Waals surface area contributed by atoms with Gasteiger partial charge in [0.15, 0.2) is 0 Å². The van der Waals surface area contributed by atoms with Gasteiger partial charge in [-0.1, -0.05) is 26.0 Å². The van der Waals surface area contributed by atoms with Crippen LogP contribution in [0.2, 0.25) is 0 Å². The molecule has 0 spiro atoms. The highest BCUT2D eigenvalue weighted by atomic mass is 32.2. The van der Waals surface area contributed by atoms with Crippen molar-refractivity contribution in [2.45, 2.75) is 45.0 Å². The number of rotatable bonds is 7. The van der Waals surface area contributed by atoms with E-state index in [4.69, 9.17) is 0 Å². The van der Waals surface area contributed by atoms with E-state index >= 15 is 0 Å². The second-order valence-corrected chi connectivity index (χ2v) is 7.44. The number of halogens is 1. The van der Waals surface area contributed by atoms with Gasteiger partial charge in [-0.3, -0.25) is 0 Å². The molecule has 0 aliphatic heterocycles.